The molecule has 1 aliphatic rings. The van der Waals surface area contributed by atoms with E-state index in [9.17, 15) is 0 Å². The molecule has 1 aromatic rings. The summed E-state index contributed by atoms with van der Waals surface area (Å²) in [6.07, 6.45) is 12.3. The molecule has 0 bridgehead atoms. The van der Waals surface area contributed by atoms with Crippen LogP contribution >= 0.6 is 11.8 Å². The van der Waals surface area contributed by atoms with Crippen molar-refractivity contribution in [3.05, 3.63) is 53.1 Å². The Labute approximate surface area is 171 Å². The predicted octanol–water partition coefficient (Wildman–Crippen LogP) is 8.23. The fourth-order valence-corrected chi connectivity index (χ4v) is 4.94. The van der Waals surface area contributed by atoms with E-state index in [4.69, 9.17) is 4.74 Å². The maximum atomic E-state index is 6.72. The number of unbranched alkanes of at least 4 members (excludes halogenated alkanes) is 2. The SMILES string of the molecule is C/C=C(O[C@@H]1C[C@H](C)CC[C@H]1C(C)C)/C(=C/CCCC)Sc1ccccc1. The van der Waals surface area contributed by atoms with E-state index in [0.717, 1.165) is 18.1 Å². The zero-order valence-corrected chi connectivity index (χ0v) is 18.7. The molecule has 0 heterocycles. The molecular formula is C25H38OS. The number of allylic oxidation sites excluding steroid dienone is 2. The molecular weight excluding hydrogens is 348 g/mol. The minimum atomic E-state index is 0.339. The zero-order chi connectivity index (χ0) is 19.6. The van der Waals surface area contributed by atoms with Crippen molar-refractivity contribution in [3.8, 4) is 0 Å². The summed E-state index contributed by atoms with van der Waals surface area (Å²) >= 11 is 1.84. The molecule has 0 radical (unpaired) electrons. The lowest BCUT2D eigenvalue weighted by Gasteiger charge is -2.38. The van der Waals surface area contributed by atoms with E-state index in [-0.39, 0.29) is 0 Å². The largest absolute Gasteiger partial charge is 0.489 e. The fourth-order valence-electron chi connectivity index (χ4n) is 3.93. The number of thioether (sulfide) groups is 1. The molecule has 1 nitrogen and oxygen atoms in total. The zero-order valence-electron chi connectivity index (χ0n) is 17.9. The molecule has 0 amide bonds. The number of rotatable bonds is 9. The monoisotopic (exact) mass is 386 g/mol. The molecule has 0 N–H and O–H groups in total. The van der Waals surface area contributed by atoms with Gasteiger partial charge in [-0.3, -0.25) is 0 Å². The van der Waals surface area contributed by atoms with Gasteiger partial charge in [0.1, 0.15) is 11.9 Å². The summed E-state index contributed by atoms with van der Waals surface area (Å²) < 4.78 is 6.72. The molecule has 0 aliphatic heterocycles. The Balaban J connectivity index is 2.18. The summed E-state index contributed by atoms with van der Waals surface area (Å²) in [6, 6.07) is 10.7. The molecule has 0 unspecified atom stereocenters. The average molecular weight is 387 g/mol. The number of hydrogen-bond acceptors (Lipinski definition) is 2. The Morgan fingerprint density at radius 2 is 1.96 bits per heavy atom. The highest BCUT2D eigenvalue weighted by molar-refractivity contribution is 8.03. The molecule has 1 saturated carbocycles. The first-order chi connectivity index (χ1) is 13.0. The van der Waals surface area contributed by atoms with Crippen molar-refractivity contribution in [2.75, 3.05) is 0 Å². The summed E-state index contributed by atoms with van der Waals surface area (Å²) in [5.41, 5.74) is 0. The van der Waals surface area contributed by atoms with Gasteiger partial charge < -0.3 is 4.74 Å². The van der Waals surface area contributed by atoms with Gasteiger partial charge in [0, 0.05) is 9.80 Å². The van der Waals surface area contributed by atoms with Crippen molar-refractivity contribution in [1.82, 2.24) is 0 Å². The molecule has 1 aliphatic carbocycles. The third-order valence-electron chi connectivity index (χ3n) is 5.60. The average Bonchev–Trinajstić information content (AvgIpc) is 2.66. The Morgan fingerprint density at radius 1 is 1.22 bits per heavy atom. The molecule has 0 saturated heterocycles. The van der Waals surface area contributed by atoms with E-state index in [2.05, 4.69) is 77.1 Å². The Hall–Kier alpha value is -1.15. The molecule has 2 heteroatoms. The lowest BCUT2D eigenvalue weighted by Crippen LogP contribution is -2.34. The van der Waals surface area contributed by atoms with Crippen molar-refractivity contribution in [3.63, 3.8) is 0 Å². The van der Waals surface area contributed by atoms with Crippen LogP contribution in [0.2, 0.25) is 0 Å². The maximum Gasteiger partial charge on any atom is 0.129 e. The van der Waals surface area contributed by atoms with Crippen LogP contribution in [0.15, 0.2) is 58.0 Å². The van der Waals surface area contributed by atoms with Gasteiger partial charge in [-0.2, -0.15) is 0 Å². The van der Waals surface area contributed by atoms with Crippen molar-refractivity contribution in [2.45, 2.75) is 84.1 Å². The van der Waals surface area contributed by atoms with Gasteiger partial charge in [-0.15, -0.1) is 0 Å². The summed E-state index contributed by atoms with van der Waals surface area (Å²) in [5.74, 6) is 3.17. The second kappa shape index (κ2) is 11.6. The topological polar surface area (TPSA) is 9.23 Å². The summed E-state index contributed by atoms with van der Waals surface area (Å²) in [6.45, 7) is 11.4. The third-order valence-corrected chi connectivity index (χ3v) is 6.70. The van der Waals surface area contributed by atoms with Crippen LogP contribution in [0.5, 0.6) is 0 Å². The quantitative estimate of drug-likeness (QED) is 0.183. The number of hydrogen-bond donors (Lipinski definition) is 0. The number of benzene rings is 1. The normalized spacial score (nSPS) is 24.3. The molecule has 27 heavy (non-hydrogen) atoms. The fraction of sp³-hybridized carbons (Fsp3) is 0.600. The smallest absolute Gasteiger partial charge is 0.129 e. The minimum absolute atomic E-state index is 0.339. The van der Waals surface area contributed by atoms with Crippen LogP contribution in [0.3, 0.4) is 0 Å². The lowest BCUT2D eigenvalue weighted by atomic mass is 9.75. The van der Waals surface area contributed by atoms with Crippen molar-refractivity contribution in [2.24, 2.45) is 17.8 Å². The molecule has 0 spiro atoms. The van der Waals surface area contributed by atoms with Crippen LogP contribution in [-0.2, 0) is 4.74 Å². The van der Waals surface area contributed by atoms with E-state index in [1.807, 2.05) is 11.8 Å². The molecule has 0 aromatic heterocycles. The van der Waals surface area contributed by atoms with Crippen molar-refractivity contribution < 1.29 is 4.74 Å². The van der Waals surface area contributed by atoms with Gasteiger partial charge in [-0.1, -0.05) is 83.0 Å². The summed E-state index contributed by atoms with van der Waals surface area (Å²) in [7, 11) is 0. The first-order valence-electron chi connectivity index (χ1n) is 10.8. The Bertz CT molecular complexity index is 602. The lowest BCUT2D eigenvalue weighted by molar-refractivity contribution is 0.00278. The van der Waals surface area contributed by atoms with Gasteiger partial charge in [0.15, 0.2) is 0 Å². The Kier molecular flexibility index (Phi) is 9.54. The highest BCUT2D eigenvalue weighted by atomic mass is 32.2. The first kappa shape index (κ1) is 22.1. The predicted molar refractivity (Wildman–Crippen MR) is 120 cm³/mol. The first-order valence-corrected chi connectivity index (χ1v) is 11.6. The van der Waals surface area contributed by atoms with E-state index >= 15 is 0 Å². The van der Waals surface area contributed by atoms with Crippen LogP contribution in [0.4, 0.5) is 0 Å². The Morgan fingerprint density at radius 3 is 2.59 bits per heavy atom. The molecule has 3 atom stereocenters. The van der Waals surface area contributed by atoms with Crippen LogP contribution in [-0.4, -0.2) is 6.10 Å². The van der Waals surface area contributed by atoms with Gasteiger partial charge in [0.25, 0.3) is 0 Å². The van der Waals surface area contributed by atoms with Gasteiger partial charge >= 0.3 is 0 Å². The highest BCUT2D eigenvalue weighted by Crippen LogP contribution is 2.39. The highest BCUT2D eigenvalue weighted by Gasteiger charge is 2.33. The minimum Gasteiger partial charge on any atom is -0.489 e. The number of ether oxygens (including phenoxy) is 1. The van der Waals surface area contributed by atoms with Crippen molar-refractivity contribution in [1.29, 1.82) is 0 Å². The second-order valence-electron chi connectivity index (χ2n) is 8.26. The molecule has 1 fully saturated rings. The van der Waals surface area contributed by atoms with Gasteiger partial charge in [-0.25, -0.2) is 0 Å². The summed E-state index contributed by atoms with van der Waals surface area (Å²) in [4.78, 5) is 2.55. The van der Waals surface area contributed by atoms with Gasteiger partial charge in [-0.05, 0) is 62.1 Å². The van der Waals surface area contributed by atoms with Gasteiger partial charge in [0.05, 0.1) is 0 Å². The van der Waals surface area contributed by atoms with Crippen LogP contribution in [0, 0.1) is 17.8 Å². The summed E-state index contributed by atoms with van der Waals surface area (Å²) in [5, 5.41) is 0. The molecule has 1 aromatic carbocycles. The standard InChI is InChI=1S/C25H38OS/c1-6-8-10-15-25(27-21-13-11-9-12-14-21)23(7-2)26-24-18-20(5)16-17-22(24)19(3)4/h7,9,11-15,19-20,22,24H,6,8,10,16-18H2,1-5H3/b23-7-,25-15-/t20-,22+,24-/m1/s1. The second-order valence-corrected chi connectivity index (χ2v) is 9.38. The van der Waals surface area contributed by atoms with Crippen LogP contribution in [0.1, 0.15) is 73.1 Å². The molecule has 2 rings (SSSR count). The third kappa shape index (κ3) is 7.07. The van der Waals surface area contributed by atoms with Gasteiger partial charge in [0.2, 0.25) is 0 Å². The van der Waals surface area contributed by atoms with Crippen molar-refractivity contribution >= 4 is 11.8 Å². The molecule has 150 valence electrons. The van der Waals surface area contributed by atoms with Crippen LogP contribution < -0.4 is 0 Å². The van der Waals surface area contributed by atoms with E-state index in [1.165, 1.54) is 41.9 Å². The van der Waals surface area contributed by atoms with Crippen LogP contribution in [0.25, 0.3) is 0 Å². The maximum absolute atomic E-state index is 6.72. The van der Waals surface area contributed by atoms with E-state index in [1.54, 1.807) is 0 Å². The van der Waals surface area contributed by atoms with E-state index in [0.29, 0.717) is 17.9 Å². The van der Waals surface area contributed by atoms with E-state index < -0.39 is 0 Å².